The molecule has 0 spiro atoms. The first-order valence-corrected chi connectivity index (χ1v) is 23.9. The second-order valence-corrected chi connectivity index (χ2v) is 21.8. The Labute approximate surface area is 373 Å². The average Bonchev–Trinajstić information content (AvgIpc) is 4.11. The molecule has 0 amide bonds. The summed E-state index contributed by atoms with van der Waals surface area (Å²) in [6.45, 7) is 17.1. The van der Waals surface area contributed by atoms with Crippen molar-refractivity contribution in [3.63, 3.8) is 0 Å². The Morgan fingerprint density at radius 1 is 0.476 bits per heavy atom. The van der Waals surface area contributed by atoms with E-state index in [0.29, 0.717) is 54.8 Å². The van der Waals surface area contributed by atoms with Crippen LogP contribution in [0.5, 0.6) is 0 Å². The van der Waals surface area contributed by atoms with E-state index >= 15 is 0 Å². The number of carboxylic acids is 3. The minimum absolute atomic E-state index is 0.00153. The van der Waals surface area contributed by atoms with E-state index in [0.717, 1.165) is 76.5 Å². The van der Waals surface area contributed by atoms with Gasteiger partial charge in [-0.05, 0) is 160 Å². The molecule has 63 heavy (non-hydrogen) atoms. The van der Waals surface area contributed by atoms with Gasteiger partial charge in [0.25, 0.3) is 0 Å². The van der Waals surface area contributed by atoms with Crippen LogP contribution in [0.4, 0.5) is 0 Å². The third-order valence-electron chi connectivity index (χ3n) is 16.9. The lowest BCUT2D eigenvalue weighted by atomic mass is 9.66. The Hall–Kier alpha value is -3.71. The molecule has 6 bridgehead atoms. The summed E-state index contributed by atoms with van der Waals surface area (Å²) in [4.78, 5) is 82.0. The molecule has 14 nitrogen and oxygen atoms in total. The number of carbonyl (C=O) groups is 7. The molecular formula is C49H76O14. The number of rotatable bonds is 15. The number of carboxylic acid groups (broad SMARTS) is 3. The van der Waals surface area contributed by atoms with E-state index in [-0.39, 0.29) is 61.1 Å². The Morgan fingerprint density at radius 3 is 1.46 bits per heavy atom. The molecule has 14 heteroatoms. The summed E-state index contributed by atoms with van der Waals surface area (Å²) in [5.74, 6) is -1.40. The van der Waals surface area contributed by atoms with Crippen LogP contribution in [0.3, 0.4) is 0 Å². The van der Waals surface area contributed by atoms with Gasteiger partial charge in [0.15, 0.2) is 0 Å². The number of hydrogen-bond donors (Lipinski definition) is 3. The molecule has 7 aliphatic carbocycles. The van der Waals surface area contributed by atoms with Crippen molar-refractivity contribution in [2.45, 2.75) is 164 Å². The first-order chi connectivity index (χ1) is 29.5. The van der Waals surface area contributed by atoms with E-state index in [4.69, 9.17) is 29.2 Å². The number of aliphatic carboxylic acids is 3. The van der Waals surface area contributed by atoms with Crippen LogP contribution in [0.2, 0.25) is 0 Å². The highest BCUT2D eigenvalue weighted by Gasteiger charge is 2.66. The lowest BCUT2D eigenvalue weighted by molar-refractivity contribution is -0.166. The Morgan fingerprint density at radius 2 is 0.937 bits per heavy atom. The highest BCUT2D eigenvalue weighted by atomic mass is 16.6. The zero-order valence-electron chi connectivity index (χ0n) is 39.2. The maximum absolute atomic E-state index is 12.4. The fourth-order valence-corrected chi connectivity index (χ4v) is 12.0. The van der Waals surface area contributed by atoms with Gasteiger partial charge < -0.3 is 34.3 Å². The van der Waals surface area contributed by atoms with Crippen molar-refractivity contribution in [3.8, 4) is 0 Å². The number of carbonyl (C=O) groups excluding carboxylic acids is 4. The molecule has 0 heterocycles. The molecule has 0 aromatic rings. The van der Waals surface area contributed by atoms with E-state index in [9.17, 15) is 38.7 Å². The summed E-state index contributed by atoms with van der Waals surface area (Å²) in [7, 11) is 0. The number of esters is 4. The molecule has 7 rings (SSSR count). The fraction of sp³-hybridized carbons (Fsp3) is 0.857. The van der Waals surface area contributed by atoms with Crippen LogP contribution in [0.1, 0.15) is 152 Å². The van der Waals surface area contributed by atoms with Gasteiger partial charge in [0.1, 0.15) is 25.4 Å². The molecular weight excluding hydrogens is 813 g/mol. The molecule has 0 aromatic carbocycles. The van der Waals surface area contributed by atoms with Crippen LogP contribution in [-0.2, 0) is 52.5 Å². The molecule has 0 saturated heterocycles. The van der Waals surface area contributed by atoms with Crippen LogP contribution >= 0.6 is 0 Å². The van der Waals surface area contributed by atoms with Crippen molar-refractivity contribution >= 4 is 41.8 Å². The van der Waals surface area contributed by atoms with Crippen LogP contribution in [-0.4, -0.2) is 82.5 Å². The second-order valence-electron chi connectivity index (χ2n) is 21.8. The van der Waals surface area contributed by atoms with Gasteiger partial charge in [0.2, 0.25) is 0 Å². The van der Waals surface area contributed by atoms with Gasteiger partial charge in [-0.15, -0.1) is 0 Å². The van der Waals surface area contributed by atoms with Crippen LogP contribution in [0.15, 0.2) is 0 Å². The summed E-state index contributed by atoms with van der Waals surface area (Å²) in [5, 5.41) is 27.8. The summed E-state index contributed by atoms with van der Waals surface area (Å²) in [5.41, 5.74) is -1.44. The first-order valence-electron chi connectivity index (χ1n) is 23.9. The molecule has 7 saturated carbocycles. The predicted molar refractivity (Wildman–Crippen MR) is 229 cm³/mol. The average molecular weight is 889 g/mol. The molecule has 0 radical (unpaired) electrons. The van der Waals surface area contributed by atoms with E-state index in [1.807, 2.05) is 48.5 Å². The smallest absolute Gasteiger partial charge is 0.311 e. The first kappa shape index (κ1) is 50.3. The molecule has 3 N–H and O–H groups in total. The second kappa shape index (κ2) is 20.2. The van der Waals surface area contributed by atoms with Gasteiger partial charge >= 0.3 is 41.8 Å². The minimum Gasteiger partial charge on any atom is -0.481 e. The van der Waals surface area contributed by atoms with Crippen molar-refractivity contribution in [1.29, 1.82) is 0 Å². The molecule has 0 aliphatic heterocycles. The van der Waals surface area contributed by atoms with Gasteiger partial charge in [0.05, 0.1) is 39.9 Å². The molecule has 14 atom stereocenters. The van der Waals surface area contributed by atoms with Crippen LogP contribution in [0, 0.1) is 87.3 Å². The quantitative estimate of drug-likeness (QED) is 0.0611. The Bertz CT molecular complexity index is 1700. The summed E-state index contributed by atoms with van der Waals surface area (Å²) >= 11 is 0. The summed E-state index contributed by atoms with van der Waals surface area (Å²) in [6.07, 6.45) is 11.4. The highest BCUT2D eigenvalue weighted by molar-refractivity contribution is 5.81. The van der Waals surface area contributed by atoms with E-state index < -0.39 is 52.0 Å². The predicted octanol–water partition coefficient (Wildman–Crippen LogP) is 8.21. The van der Waals surface area contributed by atoms with Gasteiger partial charge in [-0.25, -0.2) is 0 Å². The molecule has 0 aromatic heterocycles. The largest absolute Gasteiger partial charge is 0.481 e. The SMILES string of the molecule is CCC(C)(C)C(=O)OC1CC2CC(C(=O)O)C1C2.CCC(C)(C)C(=O)OC1CC2CC1C1C3CC(CC3C(=O)O)C21.CCC(C)(C)C(=O)OCCOC(=O)C1CCCCC1C(=O)O. The third kappa shape index (κ3) is 11.0. The summed E-state index contributed by atoms with van der Waals surface area (Å²) < 4.78 is 21.7. The van der Waals surface area contributed by atoms with Crippen molar-refractivity contribution in [2.75, 3.05) is 13.2 Å². The minimum atomic E-state index is -0.947. The third-order valence-corrected chi connectivity index (χ3v) is 16.9. The monoisotopic (exact) mass is 889 g/mol. The Kier molecular flexibility index (Phi) is 16.1. The molecule has 14 unspecified atom stereocenters. The van der Waals surface area contributed by atoms with Gasteiger partial charge in [-0.1, -0.05) is 33.6 Å². The Balaban J connectivity index is 0.000000180. The van der Waals surface area contributed by atoms with Gasteiger partial charge in [0, 0.05) is 5.92 Å². The van der Waals surface area contributed by atoms with Gasteiger partial charge in [-0.3, -0.25) is 33.6 Å². The maximum Gasteiger partial charge on any atom is 0.311 e. The summed E-state index contributed by atoms with van der Waals surface area (Å²) in [6, 6.07) is 0. The molecule has 356 valence electrons. The van der Waals surface area contributed by atoms with Crippen molar-refractivity contribution < 1.29 is 67.8 Å². The number of hydrogen-bond acceptors (Lipinski definition) is 11. The highest BCUT2D eigenvalue weighted by Crippen LogP contribution is 2.69. The van der Waals surface area contributed by atoms with E-state index in [1.54, 1.807) is 13.8 Å². The zero-order chi connectivity index (χ0) is 46.8. The topological polar surface area (TPSA) is 217 Å². The van der Waals surface area contributed by atoms with E-state index in [1.165, 1.54) is 0 Å². The molecule has 7 aliphatic rings. The molecule has 7 fully saturated rings. The standard InChI is InChI=1S/C19H28O4.C16H26O6.C14H22O4/c1-4-19(2,3)18(22)23-14-8-10-7-13(14)16-11-5-9(15(10)16)6-12(11)17(20)21;1-4-16(2,3)15(20)22-10-9-21-14(19)12-8-6-5-7-11(12)13(17)18;1-4-14(2,3)13(17)18-11-7-8-5-9(11)10(6-8)12(15)16/h9-16H,4-8H2,1-3H3,(H,20,21);11-12H,4-10H2,1-3H3,(H,17,18);8-11H,4-7H2,1-3H3,(H,15,16). The zero-order valence-corrected chi connectivity index (χ0v) is 39.2. The van der Waals surface area contributed by atoms with Crippen molar-refractivity contribution in [2.24, 2.45) is 87.3 Å². The fourth-order valence-electron chi connectivity index (χ4n) is 12.0. The van der Waals surface area contributed by atoms with Gasteiger partial charge in [-0.2, -0.15) is 0 Å². The van der Waals surface area contributed by atoms with Crippen LogP contribution in [0.25, 0.3) is 0 Å². The lowest BCUT2D eigenvalue weighted by Crippen LogP contribution is -2.42. The van der Waals surface area contributed by atoms with E-state index in [2.05, 4.69) is 0 Å². The normalized spacial score (nSPS) is 34.7. The van der Waals surface area contributed by atoms with Crippen molar-refractivity contribution in [3.05, 3.63) is 0 Å². The lowest BCUT2D eigenvalue weighted by Gasteiger charge is -2.40. The van der Waals surface area contributed by atoms with Crippen LogP contribution < -0.4 is 0 Å². The number of ether oxygens (including phenoxy) is 4. The van der Waals surface area contributed by atoms with Crippen molar-refractivity contribution in [1.82, 2.24) is 0 Å². The maximum atomic E-state index is 12.4. The number of fused-ring (bicyclic) bond motifs is 11.